The van der Waals surface area contributed by atoms with Gasteiger partial charge in [0.25, 0.3) is 5.19 Å². The Balaban J connectivity index is 1.43. The first kappa shape index (κ1) is 23.2. The number of ether oxygens (including phenoxy) is 1. The number of halogens is 3. The number of piperidine rings is 1. The van der Waals surface area contributed by atoms with Crippen LogP contribution in [-0.4, -0.2) is 33.7 Å². The maximum Gasteiger partial charge on any atom is 0.416 e. The Labute approximate surface area is 195 Å². The van der Waals surface area contributed by atoms with Gasteiger partial charge in [0.15, 0.2) is 5.82 Å². The maximum atomic E-state index is 12.9. The number of hydrogen-bond acceptors (Lipinski definition) is 5. The first-order valence-electron chi connectivity index (χ1n) is 10.8. The van der Waals surface area contributed by atoms with Gasteiger partial charge in [-0.25, -0.2) is 4.99 Å². The van der Waals surface area contributed by atoms with E-state index in [-0.39, 0.29) is 6.42 Å². The van der Waals surface area contributed by atoms with Crippen LogP contribution in [0.15, 0.2) is 41.4 Å². The summed E-state index contributed by atoms with van der Waals surface area (Å²) in [7, 11) is 0. The Morgan fingerprint density at radius 2 is 1.88 bits per heavy atom. The van der Waals surface area contributed by atoms with Crippen molar-refractivity contribution >= 4 is 23.6 Å². The average Bonchev–Trinajstić information content (AvgIpc) is 3.22. The summed E-state index contributed by atoms with van der Waals surface area (Å²) in [6.45, 7) is 6.01. The lowest BCUT2D eigenvalue weighted by Crippen LogP contribution is -2.28. The van der Waals surface area contributed by atoms with Crippen LogP contribution in [0.25, 0.3) is 0 Å². The quantitative estimate of drug-likeness (QED) is 0.295. The molecule has 0 radical (unpaired) electrons. The molecule has 9 heteroatoms. The molecule has 0 spiro atoms. The predicted octanol–water partition coefficient (Wildman–Crippen LogP) is 6.70. The third-order valence-electron chi connectivity index (χ3n) is 5.51. The van der Waals surface area contributed by atoms with Crippen LogP contribution in [0.2, 0.25) is 0 Å². The lowest BCUT2D eigenvalue weighted by Gasteiger charge is -2.23. The lowest BCUT2D eigenvalue weighted by atomic mass is 10.1. The van der Waals surface area contributed by atoms with Crippen LogP contribution < -0.4 is 4.74 Å². The minimum atomic E-state index is -4.38. The fourth-order valence-electron chi connectivity index (χ4n) is 3.69. The number of aliphatic imine (C=N–C) groups is 1. The number of nitrogens with zero attached hydrogens (tertiary/aromatic N) is 4. The fourth-order valence-corrected chi connectivity index (χ4v) is 4.25. The molecule has 4 rings (SSSR count). The van der Waals surface area contributed by atoms with E-state index in [1.807, 2.05) is 32.3 Å². The second-order valence-electron chi connectivity index (χ2n) is 8.20. The van der Waals surface area contributed by atoms with Gasteiger partial charge in [0.1, 0.15) is 5.75 Å². The van der Waals surface area contributed by atoms with Crippen LogP contribution in [0, 0.1) is 13.8 Å². The molecule has 174 valence electrons. The molecule has 0 unspecified atom stereocenters. The minimum absolute atomic E-state index is 0.200. The molecule has 0 aliphatic carbocycles. The van der Waals surface area contributed by atoms with Gasteiger partial charge in [0, 0.05) is 31.0 Å². The molecule has 0 saturated carbocycles. The molecule has 2 heterocycles. The summed E-state index contributed by atoms with van der Waals surface area (Å²) < 4.78 is 49.0. The molecule has 1 fully saturated rings. The molecule has 0 amide bonds. The highest BCUT2D eigenvalue weighted by atomic mass is 32.1. The van der Waals surface area contributed by atoms with Crippen LogP contribution in [0.3, 0.4) is 0 Å². The summed E-state index contributed by atoms with van der Waals surface area (Å²) in [5.41, 5.74) is 2.62. The number of likely N-dealkylation sites (tertiary alicyclic amines) is 1. The lowest BCUT2D eigenvalue weighted by molar-refractivity contribution is -0.137. The third-order valence-corrected chi connectivity index (χ3v) is 6.14. The van der Waals surface area contributed by atoms with E-state index in [0.717, 1.165) is 53.6 Å². The maximum absolute atomic E-state index is 12.9. The van der Waals surface area contributed by atoms with E-state index >= 15 is 0 Å². The molecule has 1 aliphatic rings. The zero-order valence-electron chi connectivity index (χ0n) is 18.5. The molecule has 0 N–H and O–H groups in total. The summed E-state index contributed by atoms with van der Waals surface area (Å²) in [6, 6.07) is 9.11. The Bertz CT molecular complexity index is 1140. The van der Waals surface area contributed by atoms with Crippen molar-refractivity contribution < 1.29 is 17.9 Å². The van der Waals surface area contributed by atoms with Gasteiger partial charge in [0.2, 0.25) is 0 Å². The minimum Gasteiger partial charge on any atom is -0.430 e. The average molecular weight is 475 g/mol. The number of benzene rings is 2. The van der Waals surface area contributed by atoms with E-state index in [2.05, 4.69) is 19.2 Å². The van der Waals surface area contributed by atoms with Crippen LogP contribution in [-0.2, 0) is 12.6 Å². The third kappa shape index (κ3) is 6.10. The van der Waals surface area contributed by atoms with Crippen molar-refractivity contribution in [2.45, 2.75) is 45.7 Å². The molecule has 1 aromatic heterocycles. The first-order chi connectivity index (χ1) is 15.8. The summed E-state index contributed by atoms with van der Waals surface area (Å²) in [6.07, 6.45) is 1.43. The van der Waals surface area contributed by atoms with Crippen LogP contribution >= 0.6 is 11.5 Å². The van der Waals surface area contributed by atoms with Crippen molar-refractivity contribution in [1.82, 2.24) is 14.3 Å². The smallest absolute Gasteiger partial charge is 0.416 e. The summed E-state index contributed by atoms with van der Waals surface area (Å²) in [5, 5.41) is 0.351. The van der Waals surface area contributed by atoms with Gasteiger partial charge < -0.3 is 9.64 Å². The molecule has 3 aromatic rings. The number of aryl methyl sites for hydroxylation is 2. The zero-order valence-corrected chi connectivity index (χ0v) is 19.3. The molecule has 2 aromatic carbocycles. The molecular weight excluding hydrogens is 449 g/mol. The zero-order chi connectivity index (χ0) is 23.4. The van der Waals surface area contributed by atoms with Gasteiger partial charge in [-0.1, -0.05) is 18.2 Å². The number of alkyl halides is 3. The molecule has 0 atom stereocenters. The highest BCUT2D eigenvalue weighted by molar-refractivity contribution is 7.07. The van der Waals surface area contributed by atoms with Crippen molar-refractivity contribution in [3.8, 4) is 10.9 Å². The van der Waals surface area contributed by atoms with Crippen LogP contribution in [0.1, 0.15) is 47.3 Å². The Morgan fingerprint density at radius 3 is 2.64 bits per heavy atom. The largest absolute Gasteiger partial charge is 0.430 e. The topological polar surface area (TPSA) is 50.6 Å². The normalized spacial score (nSPS) is 14.8. The fraction of sp³-hybridized carbons (Fsp3) is 0.375. The van der Waals surface area contributed by atoms with Crippen molar-refractivity contribution in [3.05, 3.63) is 64.5 Å². The molecule has 1 saturated heterocycles. The molecule has 5 nitrogen and oxygen atoms in total. The summed E-state index contributed by atoms with van der Waals surface area (Å²) in [4.78, 5) is 11.3. The predicted molar refractivity (Wildman–Crippen MR) is 124 cm³/mol. The van der Waals surface area contributed by atoms with Crippen molar-refractivity contribution in [1.29, 1.82) is 0 Å². The Hall–Kier alpha value is -2.94. The van der Waals surface area contributed by atoms with Gasteiger partial charge in [-0.15, -0.1) is 0 Å². The molecule has 0 bridgehead atoms. The second-order valence-corrected chi connectivity index (χ2v) is 8.91. The molecule has 33 heavy (non-hydrogen) atoms. The van der Waals surface area contributed by atoms with E-state index < -0.39 is 11.7 Å². The van der Waals surface area contributed by atoms with Crippen LogP contribution in [0.4, 0.5) is 18.9 Å². The SMILES string of the molecule is Cc1cc(Oc2nc(Cc3cccc(C(F)(F)F)c3)ns2)c(C)cc1/N=C/N1CCCCC1. The van der Waals surface area contributed by atoms with Crippen molar-refractivity contribution in [3.63, 3.8) is 0 Å². The second kappa shape index (κ2) is 9.91. The summed E-state index contributed by atoms with van der Waals surface area (Å²) >= 11 is 1.08. The van der Waals surface area contributed by atoms with E-state index in [1.165, 1.54) is 25.3 Å². The van der Waals surface area contributed by atoms with Crippen LogP contribution in [0.5, 0.6) is 10.9 Å². The Kier molecular flexibility index (Phi) is 6.97. The number of aromatic nitrogens is 2. The van der Waals surface area contributed by atoms with Gasteiger partial charge in [-0.05, 0) is 68.0 Å². The molecular formula is C24H25F3N4OS. The first-order valence-corrected chi connectivity index (χ1v) is 11.6. The summed E-state index contributed by atoms with van der Waals surface area (Å²) in [5.74, 6) is 1.08. The van der Waals surface area contributed by atoms with Gasteiger partial charge >= 0.3 is 6.18 Å². The Morgan fingerprint density at radius 1 is 1.09 bits per heavy atom. The van der Waals surface area contributed by atoms with E-state index in [9.17, 15) is 13.2 Å². The van der Waals surface area contributed by atoms with Gasteiger partial charge in [-0.2, -0.15) is 22.5 Å². The van der Waals surface area contributed by atoms with Crippen molar-refractivity contribution in [2.75, 3.05) is 13.1 Å². The van der Waals surface area contributed by atoms with E-state index in [4.69, 9.17) is 4.74 Å². The number of rotatable bonds is 6. The standard InChI is InChI=1S/C24H25F3N4OS/c1-16-12-21(17(2)11-20(16)28-15-31-9-4-3-5-10-31)32-23-29-22(30-33-23)14-18-7-6-8-19(13-18)24(25,26)27/h6-8,11-13,15H,3-5,9-10,14H2,1-2H3/b28-15+. The van der Waals surface area contributed by atoms with E-state index in [1.54, 1.807) is 6.07 Å². The van der Waals surface area contributed by atoms with Crippen molar-refractivity contribution in [2.24, 2.45) is 4.99 Å². The highest BCUT2D eigenvalue weighted by Gasteiger charge is 2.30. The highest BCUT2D eigenvalue weighted by Crippen LogP contribution is 2.33. The van der Waals surface area contributed by atoms with Gasteiger partial charge in [0.05, 0.1) is 17.6 Å². The van der Waals surface area contributed by atoms with Gasteiger partial charge in [-0.3, -0.25) is 0 Å². The van der Waals surface area contributed by atoms with E-state index in [0.29, 0.717) is 22.3 Å². The molecule has 1 aliphatic heterocycles. The number of hydrogen-bond donors (Lipinski definition) is 0. The monoisotopic (exact) mass is 474 g/mol.